The van der Waals surface area contributed by atoms with Crippen molar-refractivity contribution in [3.8, 4) is 0 Å². The molecular weight excluding hydrogens is 287 g/mol. The predicted molar refractivity (Wildman–Crippen MR) is 71.4 cm³/mol. The summed E-state index contributed by atoms with van der Waals surface area (Å²) in [5.41, 5.74) is 0. The van der Waals surface area contributed by atoms with Gasteiger partial charge in [-0.3, -0.25) is 9.59 Å². The summed E-state index contributed by atoms with van der Waals surface area (Å²) in [6.45, 7) is 2.06. The number of hydrogen-bond acceptors (Lipinski definition) is 3. The number of alkyl halides is 3. The molecule has 1 rings (SSSR count). The van der Waals surface area contributed by atoms with Gasteiger partial charge in [0.2, 0.25) is 11.8 Å². The van der Waals surface area contributed by atoms with E-state index in [1.165, 1.54) is 0 Å². The van der Waals surface area contributed by atoms with Crippen molar-refractivity contribution in [2.75, 3.05) is 26.2 Å². The predicted octanol–water partition coefficient (Wildman–Crippen LogP) is 0.807. The summed E-state index contributed by atoms with van der Waals surface area (Å²) in [7, 11) is 0. The number of nitrogens with one attached hydrogen (secondary N) is 3. The maximum Gasteiger partial charge on any atom is 0.405 e. The zero-order valence-corrected chi connectivity index (χ0v) is 12.1. The SMILES string of the molecule is CC(CC(=O)NCC(=O)NCC(F)(F)F)C1CCNCC1. The number of amides is 2. The molecule has 0 spiro atoms. The fourth-order valence-electron chi connectivity index (χ4n) is 2.38. The van der Waals surface area contributed by atoms with Crippen molar-refractivity contribution in [3.63, 3.8) is 0 Å². The van der Waals surface area contributed by atoms with E-state index in [1.807, 2.05) is 6.92 Å². The first-order valence-electron chi connectivity index (χ1n) is 7.09. The molecule has 21 heavy (non-hydrogen) atoms. The lowest BCUT2D eigenvalue weighted by Crippen LogP contribution is -2.41. The van der Waals surface area contributed by atoms with Crippen molar-refractivity contribution in [2.24, 2.45) is 11.8 Å². The maximum atomic E-state index is 11.9. The molecule has 1 aliphatic heterocycles. The van der Waals surface area contributed by atoms with Crippen LogP contribution >= 0.6 is 0 Å². The van der Waals surface area contributed by atoms with Crippen molar-refractivity contribution in [2.45, 2.75) is 32.4 Å². The number of hydrogen-bond donors (Lipinski definition) is 3. The summed E-state index contributed by atoms with van der Waals surface area (Å²) < 4.78 is 35.7. The molecule has 0 saturated carbocycles. The van der Waals surface area contributed by atoms with Crippen LogP contribution in [0.2, 0.25) is 0 Å². The minimum atomic E-state index is -4.44. The van der Waals surface area contributed by atoms with Crippen LogP contribution in [-0.2, 0) is 9.59 Å². The Balaban J connectivity index is 2.19. The van der Waals surface area contributed by atoms with E-state index in [2.05, 4.69) is 10.6 Å². The Bertz CT molecular complexity index is 355. The first-order chi connectivity index (χ1) is 9.78. The summed E-state index contributed by atoms with van der Waals surface area (Å²) in [6, 6.07) is 0. The van der Waals surface area contributed by atoms with Crippen LogP contribution in [0, 0.1) is 11.8 Å². The standard InChI is InChI=1S/C13H22F3N3O2/c1-9(10-2-4-17-5-3-10)6-11(20)18-7-12(21)19-8-13(14,15)16/h9-10,17H,2-8H2,1H3,(H,18,20)(H,19,21). The second kappa shape index (κ2) is 8.21. The molecule has 1 aliphatic rings. The van der Waals surface area contributed by atoms with Gasteiger partial charge in [0.1, 0.15) is 6.54 Å². The lowest BCUT2D eigenvalue weighted by Gasteiger charge is -2.27. The molecule has 122 valence electrons. The van der Waals surface area contributed by atoms with Gasteiger partial charge in [-0.05, 0) is 37.8 Å². The molecular formula is C13H22F3N3O2. The van der Waals surface area contributed by atoms with Crippen molar-refractivity contribution >= 4 is 11.8 Å². The molecule has 1 saturated heterocycles. The highest BCUT2D eigenvalue weighted by molar-refractivity contribution is 5.84. The zero-order valence-electron chi connectivity index (χ0n) is 12.1. The Morgan fingerprint density at radius 2 is 1.81 bits per heavy atom. The average molecular weight is 309 g/mol. The molecule has 8 heteroatoms. The van der Waals surface area contributed by atoms with Crippen LogP contribution in [0.15, 0.2) is 0 Å². The van der Waals surface area contributed by atoms with Crippen molar-refractivity contribution in [1.82, 2.24) is 16.0 Å². The van der Waals surface area contributed by atoms with Crippen LogP contribution in [0.1, 0.15) is 26.2 Å². The Morgan fingerprint density at radius 3 is 2.38 bits per heavy atom. The van der Waals surface area contributed by atoms with Crippen LogP contribution in [0.4, 0.5) is 13.2 Å². The van der Waals surface area contributed by atoms with Crippen LogP contribution in [0.25, 0.3) is 0 Å². The molecule has 0 aromatic heterocycles. The minimum Gasteiger partial charge on any atom is -0.347 e. The maximum absolute atomic E-state index is 11.9. The third-order valence-electron chi connectivity index (χ3n) is 3.63. The highest BCUT2D eigenvalue weighted by Gasteiger charge is 2.27. The van der Waals surface area contributed by atoms with E-state index in [4.69, 9.17) is 0 Å². The van der Waals surface area contributed by atoms with Crippen LogP contribution in [-0.4, -0.2) is 44.2 Å². The van der Waals surface area contributed by atoms with Gasteiger partial charge in [-0.2, -0.15) is 13.2 Å². The second-order valence-electron chi connectivity index (χ2n) is 5.44. The van der Waals surface area contributed by atoms with Crippen LogP contribution in [0.3, 0.4) is 0 Å². The van der Waals surface area contributed by atoms with Crippen LogP contribution in [0.5, 0.6) is 0 Å². The average Bonchev–Trinajstić information content (AvgIpc) is 2.43. The molecule has 1 unspecified atom stereocenters. The van der Waals surface area contributed by atoms with Gasteiger partial charge in [0.05, 0.1) is 6.54 Å². The van der Waals surface area contributed by atoms with Gasteiger partial charge in [0, 0.05) is 6.42 Å². The molecule has 0 aromatic carbocycles. The Labute approximate surface area is 122 Å². The molecule has 1 atom stereocenters. The molecule has 3 N–H and O–H groups in total. The van der Waals surface area contributed by atoms with Gasteiger partial charge in [0.15, 0.2) is 0 Å². The summed E-state index contributed by atoms with van der Waals surface area (Å²) in [5.74, 6) is -0.472. The van der Waals surface area contributed by atoms with E-state index >= 15 is 0 Å². The number of carbonyl (C=O) groups is 2. The van der Waals surface area contributed by atoms with E-state index in [0.717, 1.165) is 25.9 Å². The highest BCUT2D eigenvalue weighted by Crippen LogP contribution is 2.24. The van der Waals surface area contributed by atoms with Crippen molar-refractivity contribution < 1.29 is 22.8 Å². The van der Waals surface area contributed by atoms with Gasteiger partial charge in [-0.25, -0.2) is 0 Å². The van der Waals surface area contributed by atoms with Gasteiger partial charge < -0.3 is 16.0 Å². The monoisotopic (exact) mass is 309 g/mol. The molecule has 5 nitrogen and oxygen atoms in total. The topological polar surface area (TPSA) is 70.2 Å². The highest BCUT2D eigenvalue weighted by atomic mass is 19.4. The fourth-order valence-corrected chi connectivity index (χ4v) is 2.38. The van der Waals surface area contributed by atoms with E-state index in [0.29, 0.717) is 5.92 Å². The molecule has 0 aliphatic carbocycles. The van der Waals surface area contributed by atoms with E-state index in [-0.39, 0.29) is 18.2 Å². The quantitative estimate of drug-likeness (QED) is 0.680. The molecule has 1 fully saturated rings. The first kappa shape index (κ1) is 17.7. The summed E-state index contributed by atoms with van der Waals surface area (Å²) in [4.78, 5) is 22.8. The smallest absolute Gasteiger partial charge is 0.347 e. The minimum absolute atomic E-state index is 0.199. The van der Waals surface area contributed by atoms with Gasteiger partial charge in [0.25, 0.3) is 0 Å². The number of carbonyl (C=O) groups excluding carboxylic acids is 2. The van der Waals surface area contributed by atoms with Crippen LogP contribution < -0.4 is 16.0 Å². The van der Waals surface area contributed by atoms with Crippen molar-refractivity contribution in [1.29, 1.82) is 0 Å². The molecule has 0 radical (unpaired) electrons. The second-order valence-corrected chi connectivity index (χ2v) is 5.44. The number of piperidine rings is 1. The van der Waals surface area contributed by atoms with E-state index in [1.54, 1.807) is 5.32 Å². The normalized spacial score (nSPS) is 18.1. The third kappa shape index (κ3) is 7.89. The molecule has 0 aromatic rings. The van der Waals surface area contributed by atoms with Gasteiger partial charge in [-0.15, -0.1) is 0 Å². The number of halogens is 3. The Morgan fingerprint density at radius 1 is 1.19 bits per heavy atom. The van der Waals surface area contributed by atoms with Crippen molar-refractivity contribution in [3.05, 3.63) is 0 Å². The molecule has 1 heterocycles. The van der Waals surface area contributed by atoms with E-state index < -0.39 is 25.2 Å². The van der Waals surface area contributed by atoms with Gasteiger partial charge in [-0.1, -0.05) is 6.92 Å². The van der Waals surface area contributed by atoms with E-state index in [9.17, 15) is 22.8 Å². The van der Waals surface area contributed by atoms with Gasteiger partial charge >= 0.3 is 6.18 Å². The fraction of sp³-hybridized carbons (Fsp3) is 0.846. The summed E-state index contributed by atoms with van der Waals surface area (Å²) in [5, 5.41) is 7.31. The Kier molecular flexibility index (Phi) is 6.94. The lowest BCUT2D eigenvalue weighted by atomic mass is 9.84. The number of rotatable bonds is 6. The largest absolute Gasteiger partial charge is 0.405 e. The lowest BCUT2D eigenvalue weighted by molar-refractivity contribution is -0.138. The first-order valence-corrected chi connectivity index (χ1v) is 7.09. The molecule has 2 amide bonds. The molecule has 0 bridgehead atoms. The summed E-state index contributed by atoms with van der Waals surface area (Å²) >= 11 is 0. The third-order valence-corrected chi connectivity index (χ3v) is 3.63. The Hall–Kier alpha value is -1.31. The zero-order chi connectivity index (χ0) is 15.9. The summed E-state index contributed by atoms with van der Waals surface area (Å²) in [6.07, 6.45) is -2.12.